The number of nitrogens with one attached hydrogen (secondary N) is 1. The quantitative estimate of drug-likeness (QED) is 0.442. The number of pyridine rings is 1. The highest BCUT2D eigenvalue weighted by Gasteiger charge is 2.17. The molecule has 7 nitrogen and oxygen atoms in total. The number of benzene rings is 1. The minimum atomic E-state index is -0.947. The minimum absolute atomic E-state index is 0.0910. The Labute approximate surface area is 169 Å². The molecule has 3 N–H and O–H groups in total. The number of halogens is 1. The first-order chi connectivity index (χ1) is 13.9. The van der Waals surface area contributed by atoms with Crippen LogP contribution in [-0.2, 0) is 9.63 Å². The van der Waals surface area contributed by atoms with E-state index in [1.54, 1.807) is 25.3 Å². The fourth-order valence-corrected chi connectivity index (χ4v) is 3.07. The molecule has 1 aromatic heterocycles. The number of hydrogen-bond acceptors (Lipinski definition) is 5. The maximum Gasteiger partial charge on any atom is 0.268 e. The van der Waals surface area contributed by atoms with Gasteiger partial charge in [-0.25, -0.2) is 9.37 Å². The SMILES string of the molecule is Cc1ccc(NC(=O)C(C)O/N=C(/N)c2ccnc(N3CCCCC3)c2)c(F)c1. The predicted molar refractivity (Wildman–Crippen MR) is 111 cm³/mol. The number of amidine groups is 1. The standard InChI is InChI=1S/C21H26FN5O2/c1-14-6-7-18(17(22)12-14)25-21(28)15(2)29-26-20(23)16-8-9-24-19(13-16)27-10-4-3-5-11-27/h6-9,12-13,15H,3-5,10-11H2,1-2H3,(H2,23,26)(H,25,28). The molecule has 8 heteroatoms. The van der Waals surface area contributed by atoms with Crippen molar-refractivity contribution in [2.24, 2.45) is 10.9 Å². The third-order valence-electron chi connectivity index (χ3n) is 4.78. The summed E-state index contributed by atoms with van der Waals surface area (Å²) in [6, 6.07) is 8.17. The van der Waals surface area contributed by atoms with Crippen LogP contribution < -0.4 is 16.0 Å². The van der Waals surface area contributed by atoms with Crippen LogP contribution in [0.2, 0.25) is 0 Å². The van der Waals surface area contributed by atoms with Crippen LogP contribution in [-0.4, -0.2) is 35.9 Å². The molecule has 0 aliphatic carbocycles. The van der Waals surface area contributed by atoms with Gasteiger partial charge >= 0.3 is 0 Å². The molecule has 0 saturated carbocycles. The molecule has 0 radical (unpaired) electrons. The van der Waals surface area contributed by atoms with Gasteiger partial charge in [0.25, 0.3) is 5.91 Å². The van der Waals surface area contributed by atoms with E-state index in [1.807, 2.05) is 6.07 Å². The molecular weight excluding hydrogens is 373 g/mol. The number of oxime groups is 1. The molecule has 1 amide bonds. The number of amides is 1. The molecular formula is C21H26FN5O2. The lowest BCUT2D eigenvalue weighted by Crippen LogP contribution is -2.30. The first-order valence-electron chi connectivity index (χ1n) is 9.71. The predicted octanol–water partition coefficient (Wildman–Crippen LogP) is 3.18. The van der Waals surface area contributed by atoms with E-state index in [2.05, 4.69) is 20.4 Å². The summed E-state index contributed by atoms with van der Waals surface area (Å²) in [6.07, 6.45) is 4.26. The Hall–Kier alpha value is -3.16. The van der Waals surface area contributed by atoms with Crippen molar-refractivity contribution in [1.82, 2.24) is 4.98 Å². The van der Waals surface area contributed by atoms with Crippen molar-refractivity contribution >= 4 is 23.2 Å². The van der Waals surface area contributed by atoms with Crippen LogP contribution >= 0.6 is 0 Å². The Balaban J connectivity index is 1.61. The summed E-state index contributed by atoms with van der Waals surface area (Å²) in [4.78, 5) is 24.1. The topological polar surface area (TPSA) is 92.8 Å². The van der Waals surface area contributed by atoms with E-state index >= 15 is 0 Å². The molecule has 0 spiro atoms. The summed E-state index contributed by atoms with van der Waals surface area (Å²) < 4.78 is 13.9. The fourth-order valence-electron chi connectivity index (χ4n) is 3.07. The number of aromatic nitrogens is 1. The van der Waals surface area contributed by atoms with Crippen LogP contribution in [0.25, 0.3) is 0 Å². The molecule has 0 bridgehead atoms. The Kier molecular flexibility index (Phi) is 6.64. The van der Waals surface area contributed by atoms with Gasteiger partial charge in [0.1, 0.15) is 11.6 Å². The van der Waals surface area contributed by atoms with Crippen molar-refractivity contribution in [1.29, 1.82) is 0 Å². The zero-order chi connectivity index (χ0) is 20.8. The summed E-state index contributed by atoms with van der Waals surface area (Å²) in [5, 5.41) is 6.36. The van der Waals surface area contributed by atoms with Crippen molar-refractivity contribution in [3.05, 3.63) is 53.5 Å². The van der Waals surface area contributed by atoms with E-state index in [-0.39, 0.29) is 11.5 Å². The average Bonchev–Trinajstić information content (AvgIpc) is 2.74. The Morgan fingerprint density at radius 1 is 1.28 bits per heavy atom. The summed E-state index contributed by atoms with van der Waals surface area (Å²) in [7, 11) is 0. The first kappa shape index (κ1) is 20.6. The number of rotatable bonds is 6. The molecule has 3 rings (SSSR count). The second-order valence-electron chi connectivity index (χ2n) is 7.15. The number of carbonyl (C=O) groups is 1. The van der Waals surface area contributed by atoms with Gasteiger partial charge in [0, 0.05) is 24.8 Å². The number of carbonyl (C=O) groups excluding carboxylic acids is 1. The van der Waals surface area contributed by atoms with E-state index in [9.17, 15) is 9.18 Å². The highest BCUT2D eigenvalue weighted by Crippen LogP contribution is 2.19. The molecule has 29 heavy (non-hydrogen) atoms. The van der Waals surface area contributed by atoms with Gasteiger partial charge in [-0.15, -0.1) is 0 Å². The Bertz CT molecular complexity index is 896. The Morgan fingerprint density at radius 3 is 2.76 bits per heavy atom. The number of piperidine rings is 1. The van der Waals surface area contributed by atoms with Crippen LogP contribution in [0.5, 0.6) is 0 Å². The molecule has 1 atom stereocenters. The molecule has 1 fully saturated rings. The summed E-state index contributed by atoms with van der Waals surface area (Å²) in [6.45, 7) is 5.23. The second-order valence-corrected chi connectivity index (χ2v) is 7.15. The smallest absolute Gasteiger partial charge is 0.268 e. The average molecular weight is 399 g/mol. The van der Waals surface area contributed by atoms with Gasteiger partial charge in [0.2, 0.25) is 6.10 Å². The molecule has 2 aromatic rings. The highest BCUT2D eigenvalue weighted by atomic mass is 19.1. The van der Waals surface area contributed by atoms with Crippen molar-refractivity contribution in [3.63, 3.8) is 0 Å². The van der Waals surface area contributed by atoms with Gasteiger partial charge in [-0.05, 0) is 62.9 Å². The molecule has 1 aliphatic heterocycles. The van der Waals surface area contributed by atoms with Gasteiger partial charge < -0.3 is 20.8 Å². The van der Waals surface area contributed by atoms with Crippen LogP contribution in [0, 0.1) is 12.7 Å². The van der Waals surface area contributed by atoms with Crippen LogP contribution in [0.3, 0.4) is 0 Å². The van der Waals surface area contributed by atoms with E-state index < -0.39 is 17.8 Å². The lowest BCUT2D eigenvalue weighted by molar-refractivity contribution is -0.126. The van der Waals surface area contributed by atoms with Crippen LogP contribution in [0.4, 0.5) is 15.9 Å². The number of aryl methyl sites for hydroxylation is 1. The van der Waals surface area contributed by atoms with E-state index in [0.717, 1.165) is 37.3 Å². The normalized spacial score (nSPS) is 15.7. The number of anilines is 2. The zero-order valence-corrected chi connectivity index (χ0v) is 16.7. The van der Waals surface area contributed by atoms with Crippen LogP contribution in [0.15, 0.2) is 41.7 Å². The maximum atomic E-state index is 13.9. The van der Waals surface area contributed by atoms with E-state index in [1.165, 1.54) is 25.5 Å². The van der Waals surface area contributed by atoms with Gasteiger partial charge in [0.15, 0.2) is 5.84 Å². The van der Waals surface area contributed by atoms with Gasteiger partial charge in [-0.2, -0.15) is 0 Å². The minimum Gasteiger partial charge on any atom is -0.381 e. The van der Waals surface area contributed by atoms with Crippen molar-refractivity contribution in [3.8, 4) is 0 Å². The molecule has 1 aliphatic rings. The van der Waals surface area contributed by atoms with Crippen molar-refractivity contribution in [2.45, 2.75) is 39.2 Å². The summed E-state index contributed by atoms with van der Waals surface area (Å²) in [5.41, 5.74) is 7.54. The molecule has 154 valence electrons. The molecule has 1 aromatic carbocycles. The summed E-state index contributed by atoms with van der Waals surface area (Å²) in [5.74, 6) is -0.0311. The third-order valence-corrected chi connectivity index (χ3v) is 4.78. The molecule has 1 saturated heterocycles. The van der Waals surface area contributed by atoms with Crippen LogP contribution in [0.1, 0.15) is 37.3 Å². The molecule has 1 unspecified atom stereocenters. The Morgan fingerprint density at radius 2 is 2.03 bits per heavy atom. The second kappa shape index (κ2) is 9.36. The van der Waals surface area contributed by atoms with Gasteiger partial charge in [0.05, 0.1) is 5.69 Å². The van der Waals surface area contributed by atoms with Gasteiger partial charge in [-0.1, -0.05) is 11.2 Å². The number of nitrogens with zero attached hydrogens (tertiary/aromatic N) is 3. The largest absolute Gasteiger partial charge is 0.381 e. The summed E-state index contributed by atoms with van der Waals surface area (Å²) >= 11 is 0. The van der Waals surface area contributed by atoms with Crippen molar-refractivity contribution in [2.75, 3.05) is 23.3 Å². The monoisotopic (exact) mass is 399 g/mol. The molecule has 2 heterocycles. The van der Waals surface area contributed by atoms with Crippen molar-refractivity contribution < 1.29 is 14.0 Å². The maximum absolute atomic E-state index is 13.9. The lowest BCUT2D eigenvalue weighted by Gasteiger charge is -2.27. The lowest BCUT2D eigenvalue weighted by atomic mass is 10.1. The van der Waals surface area contributed by atoms with E-state index in [0.29, 0.717) is 5.56 Å². The zero-order valence-electron chi connectivity index (χ0n) is 16.7. The fraction of sp³-hybridized carbons (Fsp3) is 0.381. The third kappa shape index (κ3) is 5.43. The number of nitrogens with two attached hydrogens (primary N) is 1. The number of hydrogen-bond donors (Lipinski definition) is 2. The van der Waals surface area contributed by atoms with E-state index in [4.69, 9.17) is 10.6 Å². The highest BCUT2D eigenvalue weighted by molar-refractivity contribution is 5.98. The first-order valence-corrected chi connectivity index (χ1v) is 9.71. The van der Waals surface area contributed by atoms with Gasteiger partial charge in [-0.3, -0.25) is 4.79 Å².